The summed E-state index contributed by atoms with van der Waals surface area (Å²) in [5.41, 5.74) is 3.85. The van der Waals surface area contributed by atoms with Crippen molar-refractivity contribution in [1.82, 2.24) is 9.80 Å². The van der Waals surface area contributed by atoms with Crippen molar-refractivity contribution in [1.29, 1.82) is 0 Å². The second-order valence-electron chi connectivity index (χ2n) is 6.83. The first kappa shape index (κ1) is 17.6. The van der Waals surface area contributed by atoms with Gasteiger partial charge in [-0.25, -0.2) is 0 Å². The lowest BCUT2D eigenvalue weighted by atomic mass is 10.0. The Bertz CT molecular complexity index is 739. The van der Waals surface area contributed by atoms with Gasteiger partial charge in [-0.3, -0.25) is 19.9 Å². The molecule has 0 aliphatic carbocycles. The maximum absolute atomic E-state index is 11.0. The zero-order valence-electron chi connectivity index (χ0n) is 14.9. The van der Waals surface area contributed by atoms with Crippen LogP contribution in [0.25, 0.3) is 0 Å². The van der Waals surface area contributed by atoms with E-state index in [1.54, 1.807) is 18.2 Å². The predicted octanol–water partition coefficient (Wildman–Crippen LogP) is 3.78. The van der Waals surface area contributed by atoms with Crippen LogP contribution in [0.2, 0.25) is 0 Å². The Morgan fingerprint density at radius 3 is 2.48 bits per heavy atom. The van der Waals surface area contributed by atoms with Gasteiger partial charge in [-0.2, -0.15) is 0 Å². The van der Waals surface area contributed by atoms with E-state index in [0.29, 0.717) is 0 Å². The third-order valence-corrected chi connectivity index (χ3v) is 5.01. The Balaban J connectivity index is 1.58. The molecule has 2 aromatic rings. The van der Waals surface area contributed by atoms with E-state index < -0.39 is 0 Å². The predicted molar refractivity (Wildman–Crippen MR) is 99.5 cm³/mol. The van der Waals surface area contributed by atoms with Crippen LogP contribution < -0.4 is 0 Å². The fraction of sp³-hybridized carbons (Fsp3) is 0.400. The summed E-state index contributed by atoms with van der Waals surface area (Å²) in [5.74, 6) is 0. The minimum absolute atomic E-state index is 0.169. The lowest BCUT2D eigenvalue weighted by Gasteiger charge is -2.38. The van der Waals surface area contributed by atoms with E-state index in [0.717, 1.165) is 38.3 Å². The Morgan fingerprint density at radius 1 is 1.08 bits per heavy atom. The van der Waals surface area contributed by atoms with E-state index in [4.69, 9.17) is 0 Å². The number of hydrogen-bond acceptors (Lipinski definition) is 4. The molecule has 1 atom stereocenters. The first-order valence-electron chi connectivity index (χ1n) is 8.79. The molecule has 3 rings (SSSR count). The van der Waals surface area contributed by atoms with Crippen molar-refractivity contribution in [2.75, 3.05) is 26.2 Å². The van der Waals surface area contributed by atoms with Gasteiger partial charge in [0.2, 0.25) is 0 Å². The van der Waals surface area contributed by atoms with Crippen LogP contribution in [0.4, 0.5) is 5.69 Å². The number of benzene rings is 2. The molecule has 0 saturated carbocycles. The maximum Gasteiger partial charge on any atom is 0.269 e. The van der Waals surface area contributed by atoms with Gasteiger partial charge in [0.25, 0.3) is 5.69 Å². The van der Waals surface area contributed by atoms with Gasteiger partial charge in [-0.05, 0) is 25.0 Å². The smallest absolute Gasteiger partial charge is 0.269 e. The van der Waals surface area contributed by atoms with Gasteiger partial charge >= 0.3 is 0 Å². The Kier molecular flexibility index (Phi) is 5.46. The van der Waals surface area contributed by atoms with Crippen molar-refractivity contribution in [3.05, 3.63) is 75.3 Å². The third kappa shape index (κ3) is 4.44. The highest BCUT2D eigenvalue weighted by atomic mass is 16.6. The summed E-state index contributed by atoms with van der Waals surface area (Å²) < 4.78 is 0. The average molecular weight is 339 g/mol. The van der Waals surface area contributed by atoms with Crippen molar-refractivity contribution in [2.24, 2.45) is 0 Å². The summed E-state index contributed by atoms with van der Waals surface area (Å²) in [6.07, 6.45) is 0. The first-order chi connectivity index (χ1) is 12.0. The second-order valence-corrected chi connectivity index (χ2v) is 6.83. The summed E-state index contributed by atoms with van der Waals surface area (Å²) in [6.45, 7) is 9.25. The van der Waals surface area contributed by atoms with Gasteiger partial charge < -0.3 is 0 Å². The number of aryl methyl sites for hydroxylation is 1. The summed E-state index contributed by atoms with van der Waals surface area (Å²) in [6, 6.07) is 15.9. The molecule has 25 heavy (non-hydrogen) atoms. The molecule has 1 heterocycles. The van der Waals surface area contributed by atoms with Crippen LogP contribution in [-0.2, 0) is 6.54 Å². The van der Waals surface area contributed by atoms with Crippen LogP contribution in [0.15, 0.2) is 48.5 Å². The van der Waals surface area contributed by atoms with Crippen LogP contribution in [0, 0.1) is 17.0 Å². The van der Waals surface area contributed by atoms with Gasteiger partial charge in [-0.1, -0.05) is 42.0 Å². The third-order valence-electron chi connectivity index (χ3n) is 5.01. The minimum Gasteiger partial charge on any atom is -0.297 e. The highest BCUT2D eigenvalue weighted by Gasteiger charge is 2.23. The molecule has 0 amide bonds. The number of rotatable bonds is 5. The van der Waals surface area contributed by atoms with Gasteiger partial charge in [0, 0.05) is 50.9 Å². The fourth-order valence-corrected chi connectivity index (χ4v) is 3.49. The van der Waals surface area contributed by atoms with Crippen molar-refractivity contribution in [3.8, 4) is 0 Å². The Hall–Kier alpha value is -2.24. The summed E-state index contributed by atoms with van der Waals surface area (Å²) in [4.78, 5) is 15.5. The van der Waals surface area contributed by atoms with Crippen molar-refractivity contribution in [3.63, 3.8) is 0 Å². The lowest BCUT2D eigenvalue weighted by molar-refractivity contribution is -0.385. The van der Waals surface area contributed by atoms with E-state index in [2.05, 4.69) is 47.9 Å². The largest absolute Gasteiger partial charge is 0.297 e. The summed E-state index contributed by atoms with van der Waals surface area (Å²) >= 11 is 0. The molecule has 1 fully saturated rings. The maximum atomic E-state index is 11.0. The number of nitro groups is 1. The number of nitro benzene ring substituents is 1. The van der Waals surface area contributed by atoms with Gasteiger partial charge in [0.15, 0.2) is 0 Å². The lowest BCUT2D eigenvalue weighted by Crippen LogP contribution is -2.46. The number of hydrogen-bond donors (Lipinski definition) is 0. The topological polar surface area (TPSA) is 49.6 Å². The van der Waals surface area contributed by atoms with Gasteiger partial charge in [0.05, 0.1) is 4.92 Å². The first-order valence-corrected chi connectivity index (χ1v) is 8.79. The van der Waals surface area contributed by atoms with Gasteiger partial charge in [-0.15, -0.1) is 0 Å². The van der Waals surface area contributed by atoms with E-state index in [1.807, 2.05) is 6.07 Å². The van der Waals surface area contributed by atoms with E-state index in [9.17, 15) is 10.1 Å². The standard InChI is InChI=1S/C20H25N3O2/c1-16-5-3-6-18(13-16)15-21-9-11-22(12-10-21)17(2)19-7-4-8-20(14-19)23(24)25/h3-8,13-14,17H,9-12,15H2,1-2H3. The van der Waals surface area contributed by atoms with Crippen molar-refractivity contribution < 1.29 is 4.92 Å². The quantitative estimate of drug-likeness (QED) is 0.614. The molecule has 1 aliphatic rings. The molecule has 5 nitrogen and oxygen atoms in total. The molecule has 0 aromatic heterocycles. The van der Waals surface area contributed by atoms with E-state index in [1.165, 1.54) is 11.1 Å². The normalized spacial score (nSPS) is 17.4. The molecule has 1 saturated heterocycles. The monoisotopic (exact) mass is 339 g/mol. The Labute approximate surface area is 149 Å². The molecule has 1 aliphatic heterocycles. The summed E-state index contributed by atoms with van der Waals surface area (Å²) in [7, 11) is 0. The number of piperazine rings is 1. The highest BCUT2D eigenvalue weighted by Crippen LogP contribution is 2.25. The molecule has 132 valence electrons. The summed E-state index contributed by atoms with van der Waals surface area (Å²) in [5, 5.41) is 11.0. The zero-order chi connectivity index (χ0) is 17.8. The molecule has 0 spiro atoms. The molecular formula is C20H25N3O2. The average Bonchev–Trinajstić information content (AvgIpc) is 2.62. The molecule has 0 N–H and O–H groups in total. The molecule has 0 bridgehead atoms. The van der Waals surface area contributed by atoms with Crippen LogP contribution in [0.1, 0.15) is 29.7 Å². The molecule has 0 radical (unpaired) electrons. The van der Waals surface area contributed by atoms with E-state index >= 15 is 0 Å². The Morgan fingerprint density at radius 2 is 1.80 bits per heavy atom. The SMILES string of the molecule is Cc1cccc(CN2CCN(C(C)c3cccc([N+](=O)[O-])c3)CC2)c1. The molecule has 2 aromatic carbocycles. The fourth-order valence-electron chi connectivity index (χ4n) is 3.49. The molecule has 1 unspecified atom stereocenters. The number of non-ortho nitro benzene ring substituents is 1. The van der Waals surface area contributed by atoms with Crippen molar-refractivity contribution >= 4 is 5.69 Å². The van der Waals surface area contributed by atoms with Crippen molar-refractivity contribution in [2.45, 2.75) is 26.4 Å². The number of nitrogens with zero attached hydrogens (tertiary/aromatic N) is 3. The van der Waals surface area contributed by atoms with Crippen LogP contribution in [0.5, 0.6) is 0 Å². The molecule has 5 heteroatoms. The zero-order valence-corrected chi connectivity index (χ0v) is 14.9. The minimum atomic E-state index is -0.323. The van der Waals surface area contributed by atoms with E-state index in [-0.39, 0.29) is 16.7 Å². The van der Waals surface area contributed by atoms with Crippen LogP contribution in [-0.4, -0.2) is 40.9 Å². The van der Waals surface area contributed by atoms with Crippen LogP contribution >= 0.6 is 0 Å². The highest BCUT2D eigenvalue weighted by molar-refractivity contribution is 5.35. The van der Waals surface area contributed by atoms with Crippen LogP contribution in [0.3, 0.4) is 0 Å². The molecular weight excluding hydrogens is 314 g/mol. The second kappa shape index (κ2) is 7.76. The van der Waals surface area contributed by atoms with Gasteiger partial charge in [0.1, 0.15) is 0 Å².